The van der Waals surface area contributed by atoms with E-state index in [0.717, 1.165) is 15.2 Å². The molecule has 3 nitrogen and oxygen atoms in total. The van der Waals surface area contributed by atoms with Crippen LogP contribution in [0.2, 0.25) is 0 Å². The Bertz CT molecular complexity index is 348. The van der Waals surface area contributed by atoms with E-state index < -0.39 is 0 Å². The van der Waals surface area contributed by atoms with Gasteiger partial charge in [-0.15, -0.1) is 11.3 Å². The highest BCUT2D eigenvalue weighted by Crippen LogP contribution is 2.08. The van der Waals surface area contributed by atoms with Crippen LogP contribution >= 0.6 is 27.3 Å². The summed E-state index contributed by atoms with van der Waals surface area (Å²) in [4.78, 5) is 15.5. The monoisotopic (exact) mass is 274 g/mol. The molecular weight excluding hydrogens is 264 g/mol. The molecule has 0 aliphatic carbocycles. The molecule has 0 unspecified atom stereocenters. The highest BCUT2D eigenvalue weighted by atomic mass is 79.9. The second-order valence-corrected chi connectivity index (χ2v) is 5.01. The minimum Gasteiger partial charge on any atom is -0.351 e. The smallest absolute Gasteiger partial charge is 0.226 e. The number of aromatic nitrogens is 1. The quantitative estimate of drug-likeness (QED) is 0.913. The normalized spacial score (nSPS) is 9.86. The number of aryl methyl sites for hydroxylation is 1. The minimum atomic E-state index is -0.0316. The van der Waals surface area contributed by atoms with Crippen molar-refractivity contribution in [2.24, 2.45) is 0 Å². The van der Waals surface area contributed by atoms with E-state index in [2.05, 4.69) is 32.8 Å². The van der Waals surface area contributed by atoms with Crippen LogP contribution in [0.25, 0.3) is 0 Å². The predicted octanol–water partition coefficient (Wildman–Crippen LogP) is 2.02. The Morgan fingerprint density at radius 3 is 3.00 bits per heavy atom. The molecule has 1 heterocycles. The second-order valence-electron chi connectivity index (χ2n) is 2.83. The molecule has 0 aromatic carbocycles. The fourth-order valence-corrected chi connectivity index (χ4v) is 1.66. The van der Waals surface area contributed by atoms with Crippen LogP contribution in [-0.4, -0.2) is 17.4 Å². The molecule has 0 saturated carbocycles. The first-order valence-electron chi connectivity index (χ1n) is 4.09. The molecule has 0 bridgehead atoms. The van der Waals surface area contributed by atoms with E-state index in [1.165, 1.54) is 0 Å². The third-order valence-corrected chi connectivity index (χ3v) is 2.59. The average Bonchev–Trinajstić information content (AvgIpc) is 2.48. The standard InChI is InChI=1S/C9H11BrN2OS/c1-6(10)4-11-9(13)3-8-5-14-7(2)12-8/h5H,1,3-4H2,2H3,(H,11,13). The summed E-state index contributed by atoms with van der Waals surface area (Å²) < 4.78 is 0.764. The zero-order valence-electron chi connectivity index (χ0n) is 7.84. The molecule has 0 aliphatic heterocycles. The van der Waals surface area contributed by atoms with Gasteiger partial charge < -0.3 is 5.32 Å². The Balaban J connectivity index is 2.37. The van der Waals surface area contributed by atoms with Crippen molar-refractivity contribution in [2.75, 3.05) is 6.54 Å². The predicted molar refractivity (Wildman–Crippen MR) is 61.6 cm³/mol. The Morgan fingerprint density at radius 1 is 1.79 bits per heavy atom. The number of carbonyl (C=O) groups is 1. The maximum atomic E-state index is 11.3. The van der Waals surface area contributed by atoms with Gasteiger partial charge >= 0.3 is 0 Å². The highest BCUT2D eigenvalue weighted by Gasteiger charge is 2.05. The molecular formula is C9H11BrN2OS. The summed E-state index contributed by atoms with van der Waals surface area (Å²) >= 11 is 4.72. The van der Waals surface area contributed by atoms with Gasteiger partial charge in [-0.2, -0.15) is 0 Å². The summed E-state index contributed by atoms with van der Waals surface area (Å²) in [5.74, 6) is -0.0316. The van der Waals surface area contributed by atoms with Crippen molar-refractivity contribution < 1.29 is 4.79 Å². The van der Waals surface area contributed by atoms with Gasteiger partial charge in [-0.1, -0.05) is 22.5 Å². The molecule has 5 heteroatoms. The number of nitrogens with one attached hydrogen (secondary N) is 1. The summed E-state index contributed by atoms with van der Waals surface area (Å²) in [6, 6.07) is 0. The van der Waals surface area contributed by atoms with Gasteiger partial charge in [0.15, 0.2) is 0 Å². The van der Waals surface area contributed by atoms with Crippen LogP contribution in [0.3, 0.4) is 0 Å². The first-order valence-corrected chi connectivity index (χ1v) is 5.76. The van der Waals surface area contributed by atoms with E-state index in [-0.39, 0.29) is 5.91 Å². The number of carbonyl (C=O) groups excluding carboxylic acids is 1. The molecule has 14 heavy (non-hydrogen) atoms. The summed E-state index contributed by atoms with van der Waals surface area (Å²) in [6.45, 7) is 6.01. The number of halogens is 1. The van der Waals surface area contributed by atoms with Gasteiger partial charge in [0.05, 0.1) is 17.1 Å². The molecule has 1 rings (SSSR count). The number of amides is 1. The third-order valence-electron chi connectivity index (χ3n) is 1.49. The van der Waals surface area contributed by atoms with Crippen molar-refractivity contribution in [3.05, 3.63) is 27.1 Å². The van der Waals surface area contributed by atoms with E-state index in [9.17, 15) is 4.79 Å². The Kier molecular flexibility index (Phi) is 4.28. The topological polar surface area (TPSA) is 42.0 Å². The average molecular weight is 275 g/mol. The van der Waals surface area contributed by atoms with E-state index in [1.54, 1.807) is 11.3 Å². The van der Waals surface area contributed by atoms with E-state index in [0.29, 0.717) is 13.0 Å². The molecule has 0 aliphatic rings. The number of hydrogen-bond donors (Lipinski definition) is 1. The molecule has 0 fully saturated rings. The molecule has 76 valence electrons. The number of hydrogen-bond acceptors (Lipinski definition) is 3. The van der Waals surface area contributed by atoms with Gasteiger partial charge in [-0.25, -0.2) is 4.98 Å². The second kappa shape index (κ2) is 5.26. The van der Waals surface area contributed by atoms with Crippen molar-refractivity contribution >= 4 is 33.2 Å². The maximum absolute atomic E-state index is 11.3. The van der Waals surface area contributed by atoms with Crippen molar-refractivity contribution in [2.45, 2.75) is 13.3 Å². The lowest BCUT2D eigenvalue weighted by Gasteiger charge is -2.01. The van der Waals surface area contributed by atoms with E-state index in [4.69, 9.17) is 0 Å². The highest BCUT2D eigenvalue weighted by molar-refractivity contribution is 9.11. The minimum absolute atomic E-state index is 0.0316. The van der Waals surface area contributed by atoms with Gasteiger partial charge in [-0.3, -0.25) is 4.79 Å². The van der Waals surface area contributed by atoms with Crippen LogP contribution in [0.1, 0.15) is 10.7 Å². The first kappa shape index (κ1) is 11.4. The van der Waals surface area contributed by atoms with Gasteiger partial charge in [0.1, 0.15) is 0 Å². The molecule has 1 amide bonds. The summed E-state index contributed by atoms with van der Waals surface area (Å²) in [5.41, 5.74) is 0.824. The van der Waals surface area contributed by atoms with Crippen LogP contribution in [-0.2, 0) is 11.2 Å². The van der Waals surface area contributed by atoms with Crippen LogP contribution in [0.5, 0.6) is 0 Å². The number of nitrogens with zero attached hydrogens (tertiary/aromatic N) is 1. The van der Waals surface area contributed by atoms with Crippen LogP contribution in [0.15, 0.2) is 16.4 Å². The van der Waals surface area contributed by atoms with Crippen LogP contribution < -0.4 is 5.32 Å². The van der Waals surface area contributed by atoms with E-state index >= 15 is 0 Å². The first-order chi connectivity index (χ1) is 6.58. The lowest BCUT2D eigenvalue weighted by molar-refractivity contribution is -0.120. The van der Waals surface area contributed by atoms with Crippen molar-refractivity contribution in [3.63, 3.8) is 0 Å². The van der Waals surface area contributed by atoms with Crippen molar-refractivity contribution in [1.82, 2.24) is 10.3 Å². The Hall–Kier alpha value is -0.680. The van der Waals surface area contributed by atoms with Gasteiger partial charge in [-0.05, 0) is 6.92 Å². The Labute approximate surface area is 95.4 Å². The van der Waals surface area contributed by atoms with E-state index in [1.807, 2.05) is 12.3 Å². The van der Waals surface area contributed by atoms with Crippen molar-refractivity contribution in [1.29, 1.82) is 0 Å². The lowest BCUT2D eigenvalue weighted by atomic mass is 10.3. The number of thiazole rings is 1. The summed E-state index contributed by atoms with van der Waals surface area (Å²) in [7, 11) is 0. The molecule has 0 saturated heterocycles. The Morgan fingerprint density at radius 2 is 2.50 bits per heavy atom. The zero-order valence-corrected chi connectivity index (χ0v) is 10.2. The SMILES string of the molecule is C=C(Br)CNC(=O)Cc1csc(C)n1. The molecule has 1 N–H and O–H groups in total. The molecule has 0 radical (unpaired) electrons. The molecule has 0 atom stereocenters. The fraction of sp³-hybridized carbons (Fsp3) is 0.333. The lowest BCUT2D eigenvalue weighted by Crippen LogP contribution is -2.26. The summed E-state index contributed by atoms with van der Waals surface area (Å²) in [5, 5.41) is 5.60. The van der Waals surface area contributed by atoms with Gasteiger partial charge in [0.25, 0.3) is 0 Å². The summed E-state index contributed by atoms with van der Waals surface area (Å²) in [6.07, 6.45) is 0.338. The zero-order chi connectivity index (χ0) is 10.6. The third kappa shape index (κ3) is 4.02. The molecule has 0 spiro atoms. The van der Waals surface area contributed by atoms with Gasteiger partial charge in [0.2, 0.25) is 5.91 Å². The molecule has 1 aromatic rings. The largest absolute Gasteiger partial charge is 0.351 e. The maximum Gasteiger partial charge on any atom is 0.226 e. The van der Waals surface area contributed by atoms with Crippen LogP contribution in [0, 0.1) is 6.92 Å². The fourth-order valence-electron chi connectivity index (χ4n) is 0.911. The molecule has 1 aromatic heterocycles. The van der Waals surface area contributed by atoms with Gasteiger partial charge in [0, 0.05) is 16.4 Å². The van der Waals surface area contributed by atoms with Crippen LogP contribution in [0.4, 0.5) is 0 Å². The number of rotatable bonds is 4. The van der Waals surface area contributed by atoms with Crippen molar-refractivity contribution in [3.8, 4) is 0 Å².